The van der Waals surface area contributed by atoms with Crippen molar-refractivity contribution in [2.24, 2.45) is 5.92 Å². The van der Waals surface area contributed by atoms with Crippen LogP contribution in [-0.4, -0.2) is 37.6 Å². The SMILES string of the molecule is CCCOc1ccc(N2C(=O)[C@H]3[C@H](ON(c4ccccc4)[C@@H]3c3ccc(OC(=O)c4ccccc4)c(OC)c3)C2=O)cc1. The van der Waals surface area contributed by atoms with Crippen LogP contribution >= 0.6 is 0 Å². The van der Waals surface area contributed by atoms with Crippen LogP contribution in [0.25, 0.3) is 0 Å². The first kappa shape index (κ1) is 28.0. The van der Waals surface area contributed by atoms with Gasteiger partial charge in [-0.05, 0) is 72.6 Å². The summed E-state index contributed by atoms with van der Waals surface area (Å²) < 4.78 is 16.9. The number of fused-ring (bicyclic) bond motifs is 1. The third-order valence-electron chi connectivity index (χ3n) is 7.44. The van der Waals surface area contributed by atoms with Crippen LogP contribution in [0.1, 0.15) is 35.3 Å². The monoisotopic (exact) mass is 578 g/mol. The normalized spacial score (nSPS) is 19.3. The van der Waals surface area contributed by atoms with Crippen molar-refractivity contribution >= 4 is 29.2 Å². The summed E-state index contributed by atoms with van der Waals surface area (Å²) in [6, 6.07) is 29.2. The standard InChI is InChI=1S/C34H30N2O7/c1-3-20-41-26-17-15-24(16-18-26)35-32(37)29-30(36(43-31(29)33(35)38)25-12-8-5-9-13-25)23-14-19-27(28(21-23)40-2)42-34(39)22-10-6-4-7-11-22/h4-19,21,29-31H,3,20H2,1-2H3/t29-,30-,31+/m1/s1. The van der Waals surface area contributed by atoms with Crippen molar-refractivity contribution in [3.63, 3.8) is 0 Å². The number of amides is 2. The van der Waals surface area contributed by atoms with Crippen LogP contribution in [0.2, 0.25) is 0 Å². The summed E-state index contributed by atoms with van der Waals surface area (Å²) in [5.41, 5.74) is 2.18. The number of imide groups is 1. The lowest BCUT2D eigenvalue weighted by Gasteiger charge is -2.29. The average Bonchev–Trinajstić information content (AvgIpc) is 3.56. The molecule has 2 amide bonds. The van der Waals surface area contributed by atoms with Crippen molar-refractivity contribution < 1.29 is 33.4 Å². The van der Waals surface area contributed by atoms with Crippen molar-refractivity contribution in [1.29, 1.82) is 0 Å². The molecular weight excluding hydrogens is 548 g/mol. The molecule has 2 fully saturated rings. The zero-order valence-corrected chi connectivity index (χ0v) is 23.7. The maximum Gasteiger partial charge on any atom is 0.343 e. The molecule has 2 saturated heterocycles. The third-order valence-corrected chi connectivity index (χ3v) is 7.44. The highest BCUT2D eigenvalue weighted by atomic mass is 16.7. The molecule has 0 N–H and O–H groups in total. The number of methoxy groups -OCH3 is 1. The van der Waals surface area contributed by atoms with Crippen molar-refractivity contribution in [1.82, 2.24) is 0 Å². The number of hydrogen-bond acceptors (Lipinski definition) is 8. The number of benzene rings is 4. The topological polar surface area (TPSA) is 94.6 Å². The van der Waals surface area contributed by atoms with Gasteiger partial charge < -0.3 is 14.2 Å². The molecule has 9 nitrogen and oxygen atoms in total. The second-order valence-electron chi connectivity index (χ2n) is 10.2. The zero-order valence-electron chi connectivity index (χ0n) is 23.7. The molecule has 0 unspecified atom stereocenters. The number of carbonyl (C=O) groups is 3. The lowest BCUT2D eigenvalue weighted by molar-refractivity contribution is -0.126. The molecule has 0 radical (unpaired) electrons. The fraction of sp³-hybridized carbons (Fsp3) is 0.206. The molecule has 0 spiro atoms. The second kappa shape index (κ2) is 12.0. The van der Waals surface area contributed by atoms with Gasteiger partial charge in [0.2, 0.25) is 5.91 Å². The van der Waals surface area contributed by atoms with Crippen LogP contribution in [0, 0.1) is 5.92 Å². The molecular formula is C34H30N2O7. The van der Waals surface area contributed by atoms with Gasteiger partial charge in [0.1, 0.15) is 11.7 Å². The van der Waals surface area contributed by atoms with E-state index in [1.807, 2.05) is 43.3 Å². The van der Waals surface area contributed by atoms with Crippen molar-refractivity contribution in [2.45, 2.75) is 25.5 Å². The van der Waals surface area contributed by atoms with Gasteiger partial charge in [-0.25, -0.2) is 14.8 Å². The molecule has 3 atom stereocenters. The van der Waals surface area contributed by atoms with Gasteiger partial charge in [-0.3, -0.25) is 14.4 Å². The summed E-state index contributed by atoms with van der Waals surface area (Å²) in [5.74, 6) is -1.00. The highest BCUT2D eigenvalue weighted by Gasteiger charge is 2.60. The number of esters is 1. The Morgan fingerprint density at radius 3 is 2.19 bits per heavy atom. The molecule has 9 heteroatoms. The number of anilines is 2. The molecule has 0 aromatic heterocycles. The molecule has 2 aliphatic rings. The van der Waals surface area contributed by atoms with Gasteiger partial charge in [0, 0.05) is 0 Å². The predicted octanol–water partition coefficient (Wildman–Crippen LogP) is 5.75. The van der Waals surface area contributed by atoms with E-state index < -0.39 is 29.9 Å². The van der Waals surface area contributed by atoms with E-state index in [1.165, 1.54) is 12.0 Å². The Morgan fingerprint density at radius 1 is 0.814 bits per heavy atom. The minimum atomic E-state index is -1.03. The zero-order chi connectivity index (χ0) is 29.9. The smallest absolute Gasteiger partial charge is 0.343 e. The molecule has 4 aromatic rings. The number of hydroxylamine groups is 1. The van der Waals surface area contributed by atoms with Crippen LogP contribution < -0.4 is 24.2 Å². The van der Waals surface area contributed by atoms with Crippen LogP contribution in [0.5, 0.6) is 17.2 Å². The van der Waals surface area contributed by atoms with Crippen molar-refractivity contribution in [2.75, 3.05) is 23.7 Å². The summed E-state index contributed by atoms with van der Waals surface area (Å²) in [4.78, 5) is 47.8. The molecule has 6 rings (SSSR count). The van der Waals surface area contributed by atoms with E-state index >= 15 is 0 Å². The molecule has 43 heavy (non-hydrogen) atoms. The summed E-state index contributed by atoms with van der Waals surface area (Å²) in [7, 11) is 1.47. The second-order valence-corrected chi connectivity index (χ2v) is 10.2. The van der Waals surface area contributed by atoms with Gasteiger partial charge in [0.25, 0.3) is 5.91 Å². The molecule has 2 heterocycles. The predicted molar refractivity (Wildman–Crippen MR) is 159 cm³/mol. The maximum atomic E-state index is 14.0. The van der Waals surface area contributed by atoms with Gasteiger partial charge in [-0.1, -0.05) is 49.4 Å². The highest BCUT2D eigenvalue weighted by Crippen LogP contribution is 2.48. The number of para-hydroxylation sites is 1. The lowest BCUT2D eigenvalue weighted by atomic mass is 9.90. The Bertz CT molecular complexity index is 1630. The van der Waals surface area contributed by atoms with Crippen LogP contribution in [0.3, 0.4) is 0 Å². The lowest BCUT2D eigenvalue weighted by Crippen LogP contribution is -2.37. The van der Waals surface area contributed by atoms with E-state index in [2.05, 4.69) is 0 Å². The largest absolute Gasteiger partial charge is 0.494 e. The summed E-state index contributed by atoms with van der Waals surface area (Å²) in [6.07, 6.45) is -0.165. The number of ether oxygens (including phenoxy) is 3. The molecule has 2 aliphatic heterocycles. The van der Waals surface area contributed by atoms with Gasteiger partial charge >= 0.3 is 5.97 Å². The Morgan fingerprint density at radius 2 is 1.51 bits per heavy atom. The molecule has 0 saturated carbocycles. The Balaban J connectivity index is 1.34. The third kappa shape index (κ3) is 5.30. The van der Waals surface area contributed by atoms with Gasteiger partial charge in [-0.15, -0.1) is 0 Å². The molecule has 0 bridgehead atoms. The van der Waals surface area contributed by atoms with E-state index in [0.29, 0.717) is 40.6 Å². The van der Waals surface area contributed by atoms with Crippen LogP contribution in [0.4, 0.5) is 11.4 Å². The van der Waals surface area contributed by atoms with Crippen molar-refractivity contribution in [3.8, 4) is 17.2 Å². The van der Waals surface area contributed by atoms with Crippen LogP contribution in [0.15, 0.2) is 103 Å². The minimum absolute atomic E-state index is 0.225. The summed E-state index contributed by atoms with van der Waals surface area (Å²) in [5, 5.41) is 1.61. The molecule has 0 aliphatic carbocycles. The Labute approximate surface area is 249 Å². The number of nitrogens with zero attached hydrogens (tertiary/aromatic N) is 2. The number of rotatable bonds is 9. The highest BCUT2D eigenvalue weighted by molar-refractivity contribution is 6.24. The number of hydrogen-bond donors (Lipinski definition) is 0. The van der Waals surface area contributed by atoms with Gasteiger partial charge in [0.05, 0.1) is 36.7 Å². The maximum absolute atomic E-state index is 14.0. The fourth-order valence-electron chi connectivity index (χ4n) is 5.40. The molecule has 218 valence electrons. The van der Waals surface area contributed by atoms with E-state index in [0.717, 1.165) is 6.42 Å². The summed E-state index contributed by atoms with van der Waals surface area (Å²) >= 11 is 0. The Kier molecular flexibility index (Phi) is 7.81. The molecule has 4 aromatic carbocycles. The fourth-order valence-corrected chi connectivity index (χ4v) is 5.40. The quantitative estimate of drug-likeness (QED) is 0.141. The first-order chi connectivity index (χ1) is 21.0. The first-order valence-corrected chi connectivity index (χ1v) is 14.1. The van der Waals surface area contributed by atoms with E-state index in [-0.39, 0.29) is 11.7 Å². The van der Waals surface area contributed by atoms with Crippen LogP contribution in [-0.2, 0) is 14.4 Å². The van der Waals surface area contributed by atoms with Crippen molar-refractivity contribution in [3.05, 3.63) is 114 Å². The Hall–Kier alpha value is -5.15. The van der Waals surface area contributed by atoms with E-state index in [1.54, 1.807) is 71.8 Å². The minimum Gasteiger partial charge on any atom is -0.494 e. The average molecular weight is 579 g/mol. The van der Waals surface area contributed by atoms with Gasteiger partial charge in [0.15, 0.2) is 17.6 Å². The van der Waals surface area contributed by atoms with E-state index in [4.69, 9.17) is 19.0 Å². The summed E-state index contributed by atoms with van der Waals surface area (Å²) in [6.45, 7) is 2.59. The number of carbonyl (C=O) groups excluding carboxylic acids is 3. The first-order valence-electron chi connectivity index (χ1n) is 14.1. The van der Waals surface area contributed by atoms with Gasteiger partial charge in [-0.2, -0.15) is 0 Å². The van der Waals surface area contributed by atoms with E-state index in [9.17, 15) is 14.4 Å².